The number of hydrogen-bond donors (Lipinski definition) is 1. The molecule has 1 aromatic carbocycles. The highest BCUT2D eigenvalue weighted by atomic mass is 32.1. The molecule has 3 aromatic rings. The molecule has 0 spiro atoms. The summed E-state index contributed by atoms with van der Waals surface area (Å²) in [4.78, 5) is 25.6. The van der Waals surface area contributed by atoms with Crippen LogP contribution in [0.4, 0.5) is 10.8 Å². The number of nitro benzene ring substituents is 1. The normalized spacial score (nSPS) is 10.8. The number of thiazole rings is 1. The van der Waals surface area contributed by atoms with E-state index in [2.05, 4.69) is 4.98 Å². The van der Waals surface area contributed by atoms with Crippen LogP contribution in [-0.2, 0) is 0 Å². The van der Waals surface area contributed by atoms with Crippen LogP contribution in [0, 0.1) is 10.1 Å². The van der Waals surface area contributed by atoms with Gasteiger partial charge in [0.15, 0.2) is 0 Å². The van der Waals surface area contributed by atoms with E-state index >= 15 is 0 Å². The van der Waals surface area contributed by atoms with Gasteiger partial charge in [-0.1, -0.05) is 0 Å². The number of benzene rings is 1. The average molecular weight is 290 g/mol. The van der Waals surface area contributed by atoms with E-state index in [1.54, 1.807) is 12.3 Å². The predicted octanol–water partition coefficient (Wildman–Crippen LogP) is 1.83. The van der Waals surface area contributed by atoms with Crippen molar-refractivity contribution in [2.45, 2.75) is 0 Å². The molecule has 0 saturated heterocycles. The van der Waals surface area contributed by atoms with E-state index in [4.69, 9.17) is 10.2 Å². The SMILES string of the molecule is Nc1[nH+]cc(-c2cc3cc([N+](=O)[O-])ccc3oc2=O)s1. The Bertz CT molecular complexity index is 884. The van der Waals surface area contributed by atoms with E-state index in [0.717, 1.165) is 0 Å². The molecule has 7 nitrogen and oxygen atoms in total. The second-order valence-corrected chi connectivity index (χ2v) is 5.13. The van der Waals surface area contributed by atoms with E-state index in [0.29, 0.717) is 26.5 Å². The van der Waals surface area contributed by atoms with E-state index in [9.17, 15) is 14.9 Å². The molecule has 0 radical (unpaired) electrons. The Kier molecular flexibility index (Phi) is 2.72. The zero-order chi connectivity index (χ0) is 14.3. The van der Waals surface area contributed by atoms with Gasteiger partial charge >= 0.3 is 10.8 Å². The lowest BCUT2D eigenvalue weighted by Gasteiger charge is -1.99. The first-order valence-corrected chi connectivity index (χ1v) is 6.36. The van der Waals surface area contributed by atoms with Gasteiger partial charge in [-0.2, -0.15) is 0 Å². The molecular formula is C12H8N3O4S+. The van der Waals surface area contributed by atoms with Gasteiger partial charge < -0.3 is 4.42 Å². The number of H-pyrrole nitrogens is 1. The Morgan fingerprint density at radius 3 is 2.80 bits per heavy atom. The topological polar surface area (TPSA) is 114 Å². The molecule has 0 aliphatic heterocycles. The minimum Gasteiger partial charge on any atom is -0.422 e. The number of hydrogen-bond acceptors (Lipinski definition) is 6. The molecule has 2 heterocycles. The van der Waals surface area contributed by atoms with Crippen LogP contribution in [-0.4, -0.2) is 4.92 Å². The molecule has 0 saturated carbocycles. The monoisotopic (exact) mass is 290 g/mol. The standard InChI is InChI=1S/C12H7N3O4S/c13-12-14-5-10(20-12)8-4-6-3-7(15(17)18)1-2-9(6)19-11(8)16/h1-5H,(H2,13,14)/p+1. The number of fused-ring (bicyclic) bond motifs is 1. The number of aromatic nitrogens is 1. The van der Waals surface area contributed by atoms with Gasteiger partial charge in [-0.15, -0.1) is 0 Å². The molecule has 0 fully saturated rings. The van der Waals surface area contributed by atoms with Gasteiger partial charge in [0, 0.05) is 17.5 Å². The van der Waals surface area contributed by atoms with Crippen LogP contribution in [0.5, 0.6) is 0 Å². The number of nitrogens with one attached hydrogen (secondary N) is 1. The highest BCUT2D eigenvalue weighted by Gasteiger charge is 2.14. The van der Waals surface area contributed by atoms with Crippen molar-refractivity contribution < 1.29 is 14.3 Å². The van der Waals surface area contributed by atoms with Crippen LogP contribution < -0.4 is 16.3 Å². The first kappa shape index (κ1) is 12.3. The number of nitrogen functional groups attached to an aromatic ring is 1. The van der Waals surface area contributed by atoms with E-state index < -0.39 is 10.5 Å². The molecule has 100 valence electrons. The van der Waals surface area contributed by atoms with Gasteiger partial charge in [0.05, 0.1) is 15.4 Å². The number of nitrogens with zero attached hydrogens (tertiary/aromatic N) is 1. The largest absolute Gasteiger partial charge is 0.422 e. The Hall–Kier alpha value is -2.74. The predicted molar refractivity (Wildman–Crippen MR) is 73.4 cm³/mol. The fourth-order valence-corrected chi connectivity index (χ4v) is 2.57. The molecule has 0 amide bonds. The number of non-ortho nitro benzene ring substituents is 1. The average Bonchev–Trinajstić information content (AvgIpc) is 2.83. The number of nitrogens with two attached hydrogens (primary N) is 1. The first-order chi connectivity index (χ1) is 9.54. The quantitative estimate of drug-likeness (QED) is 0.439. The Balaban J connectivity index is 2.25. The smallest absolute Gasteiger partial charge is 0.345 e. The number of anilines is 1. The molecule has 2 aromatic heterocycles. The zero-order valence-electron chi connectivity index (χ0n) is 9.95. The third-order valence-electron chi connectivity index (χ3n) is 2.76. The van der Waals surface area contributed by atoms with Crippen molar-refractivity contribution in [2.24, 2.45) is 0 Å². The number of rotatable bonds is 2. The van der Waals surface area contributed by atoms with Crippen molar-refractivity contribution >= 4 is 33.1 Å². The third-order valence-corrected chi connectivity index (χ3v) is 3.65. The van der Waals surface area contributed by atoms with Crippen LogP contribution >= 0.6 is 11.3 Å². The van der Waals surface area contributed by atoms with E-state index in [1.807, 2.05) is 0 Å². The van der Waals surface area contributed by atoms with Gasteiger partial charge in [-0.3, -0.25) is 15.8 Å². The van der Waals surface area contributed by atoms with Crippen molar-refractivity contribution in [3.63, 3.8) is 0 Å². The molecule has 0 bridgehead atoms. The summed E-state index contributed by atoms with van der Waals surface area (Å²) in [6.45, 7) is 0. The molecular weight excluding hydrogens is 282 g/mol. The van der Waals surface area contributed by atoms with Crippen LogP contribution in [0.25, 0.3) is 21.4 Å². The lowest BCUT2D eigenvalue weighted by molar-refractivity contribution is -0.384. The number of aromatic amines is 1. The fourth-order valence-electron chi connectivity index (χ4n) is 1.84. The van der Waals surface area contributed by atoms with Crippen molar-refractivity contribution in [1.29, 1.82) is 0 Å². The molecule has 8 heteroatoms. The van der Waals surface area contributed by atoms with Gasteiger partial charge in [0.2, 0.25) is 0 Å². The summed E-state index contributed by atoms with van der Waals surface area (Å²) in [5.41, 5.74) is 5.63. The summed E-state index contributed by atoms with van der Waals surface area (Å²) < 4.78 is 5.16. The van der Waals surface area contributed by atoms with Crippen molar-refractivity contribution in [2.75, 3.05) is 5.73 Å². The molecule has 0 aliphatic carbocycles. The lowest BCUT2D eigenvalue weighted by atomic mass is 10.1. The van der Waals surface area contributed by atoms with Gasteiger partial charge in [-0.25, -0.2) is 9.78 Å². The highest BCUT2D eigenvalue weighted by molar-refractivity contribution is 7.18. The minimum absolute atomic E-state index is 0.0606. The Morgan fingerprint density at radius 2 is 2.15 bits per heavy atom. The summed E-state index contributed by atoms with van der Waals surface area (Å²) in [5.74, 6) is 0. The van der Waals surface area contributed by atoms with Crippen LogP contribution in [0.3, 0.4) is 0 Å². The lowest BCUT2D eigenvalue weighted by Crippen LogP contribution is -2.03. The summed E-state index contributed by atoms with van der Waals surface area (Å²) >= 11 is 1.20. The Morgan fingerprint density at radius 1 is 1.35 bits per heavy atom. The molecule has 0 aliphatic rings. The second-order valence-electron chi connectivity index (χ2n) is 4.05. The van der Waals surface area contributed by atoms with Gasteiger partial charge in [0.1, 0.15) is 11.8 Å². The second kappa shape index (κ2) is 4.42. The van der Waals surface area contributed by atoms with Crippen LogP contribution in [0.2, 0.25) is 0 Å². The summed E-state index contributed by atoms with van der Waals surface area (Å²) in [6.07, 6.45) is 1.59. The molecule has 3 rings (SSSR count). The zero-order valence-corrected chi connectivity index (χ0v) is 10.8. The third kappa shape index (κ3) is 2.01. The van der Waals surface area contributed by atoms with Gasteiger partial charge in [0.25, 0.3) is 5.69 Å². The van der Waals surface area contributed by atoms with Gasteiger partial charge in [-0.05, 0) is 23.5 Å². The maximum Gasteiger partial charge on any atom is 0.345 e. The highest BCUT2D eigenvalue weighted by Crippen LogP contribution is 2.27. The molecule has 20 heavy (non-hydrogen) atoms. The molecule has 3 N–H and O–H groups in total. The summed E-state index contributed by atoms with van der Waals surface area (Å²) in [6, 6.07) is 5.63. The van der Waals surface area contributed by atoms with E-state index in [1.165, 1.54) is 29.5 Å². The van der Waals surface area contributed by atoms with E-state index in [-0.39, 0.29) is 5.69 Å². The maximum absolute atomic E-state index is 11.9. The minimum atomic E-state index is -0.512. The first-order valence-electron chi connectivity index (χ1n) is 5.54. The van der Waals surface area contributed by atoms with Crippen molar-refractivity contribution in [3.05, 3.63) is 51.0 Å². The van der Waals surface area contributed by atoms with Crippen molar-refractivity contribution in [3.8, 4) is 10.4 Å². The summed E-state index contributed by atoms with van der Waals surface area (Å²) in [5, 5.41) is 11.7. The van der Waals surface area contributed by atoms with Crippen molar-refractivity contribution in [1.82, 2.24) is 0 Å². The maximum atomic E-state index is 11.9. The summed E-state index contributed by atoms with van der Waals surface area (Å²) in [7, 11) is 0. The van der Waals surface area contributed by atoms with Crippen LogP contribution in [0.15, 0.2) is 39.7 Å². The molecule has 0 unspecified atom stereocenters. The molecule has 0 atom stereocenters. The Labute approximate surface area is 115 Å². The number of nitro groups is 1. The fraction of sp³-hybridized carbons (Fsp3) is 0. The van der Waals surface area contributed by atoms with Crippen LogP contribution in [0.1, 0.15) is 0 Å².